The SMILES string of the molecule is CC(C)(C)OCC(=O)N1CCC2(CCCC2)CC1. The zero-order chi connectivity index (χ0) is 13.2. The first kappa shape index (κ1) is 13.9. The number of carbonyl (C=O) groups is 1. The lowest BCUT2D eigenvalue weighted by molar-refractivity contribution is -0.143. The molecule has 3 nitrogen and oxygen atoms in total. The molecule has 104 valence electrons. The van der Waals surface area contributed by atoms with Gasteiger partial charge in [-0.05, 0) is 51.9 Å². The average molecular weight is 253 g/mol. The van der Waals surface area contributed by atoms with Gasteiger partial charge in [-0.2, -0.15) is 0 Å². The van der Waals surface area contributed by atoms with Crippen LogP contribution in [0, 0.1) is 5.41 Å². The van der Waals surface area contributed by atoms with Crippen LogP contribution in [-0.4, -0.2) is 36.1 Å². The van der Waals surface area contributed by atoms with Crippen molar-refractivity contribution >= 4 is 5.91 Å². The van der Waals surface area contributed by atoms with E-state index in [-0.39, 0.29) is 18.1 Å². The van der Waals surface area contributed by atoms with Gasteiger partial charge in [0.2, 0.25) is 5.91 Å². The minimum atomic E-state index is -0.224. The number of nitrogens with zero attached hydrogens (tertiary/aromatic N) is 1. The van der Waals surface area contributed by atoms with E-state index in [1.165, 1.54) is 38.5 Å². The first-order valence-electron chi connectivity index (χ1n) is 7.32. The van der Waals surface area contributed by atoms with Gasteiger partial charge in [-0.3, -0.25) is 4.79 Å². The van der Waals surface area contributed by atoms with Crippen molar-refractivity contribution in [3.8, 4) is 0 Å². The number of carbonyl (C=O) groups excluding carboxylic acids is 1. The number of hydrogen-bond donors (Lipinski definition) is 0. The predicted molar refractivity (Wildman–Crippen MR) is 72.4 cm³/mol. The fraction of sp³-hybridized carbons (Fsp3) is 0.933. The number of amides is 1. The Morgan fingerprint density at radius 1 is 1.11 bits per heavy atom. The summed E-state index contributed by atoms with van der Waals surface area (Å²) in [5.74, 6) is 0.165. The van der Waals surface area contributed by atoms with E-state index in [1.807, 2.05) is 25.7 Å². The fourth-order valence-electron chi connectivity index (χ4n) is 3.22. The van der Waals surface area contributed by atoms with E-state index < -0.39 is 0 Å². The lowest BCUT2D eigenvalue weighted by Gasteiger charge is -2.39. The molecule has 0 aromatic heterocycles. The van der Waals surface area contributed by atoms with Gasteiger partial charge in [-0.1, -0.05) is 12.8 Å². The second kappa shape index (κ2) is 5.20. The predicted octanol–water partition coefficient (Wildman–Crippen LogP) is 2.98. The molecule has 0 N–H and O–H groups in total. The summed E-state index contributed by atoms with van der Waals surface area (Å²) >= 11 is 0. The molecule has 0 unspecified atom stereocenters. The molecule has 0 atom stereocenters. The van der Waals surface area contributed by atoms with Gasteiger partial charge in [0.25, 0.3) is 0 Å². The second-order valence-corrected chi connectivity index (χ2v) is 6.99. The van der Waals surface area contributed by atoms with Gasteiger partial charge >= 0.3 is 0 Å². The molecule has 0 aromatic rings. The molecular weight excluding hydrogens is 226 g/mol. The summed E-state index contributed by atoms with van der Waals surface area (Å²) in [6.45, 7) is 8.08. The van der Waals surface area contributed by atoms with Gasteiger partial charge < -0.3 is 9.64 Å². The first-order chi connectivity index (χ1) is 8.40. The highest BCUT2D eigenvalue weighted by Crippen LogP contribution is 2.46. The van der Waals surface area contributed by atoms with Crippen LogP contribution in [0.3, 0.4) is 0 Å². The van der Waals surface area contributed by atoms with Crippen molar-refractivity contribution in [2.24, 2.45) is 5.41 Å². The number of hydrogen-bond acceptors (Lipinski definition) is 2. The van der Waals surface area contributed by atoms with E-state index in [1.54, 1.807) is 0 Å². The molecule has 1 amide bonds. The van der Waals surface area contributed by atoms with Crippen LogP contribution in [0.4, 0.5) is 0 Å². The second-order valence-electron chi connectivity index (χ2n) is 6.99. The molecule has 3 heteroatoms. The minimum absolute atomic E-state index is 0.165. The molecular formula is C15H27NO2. The Bertz CT molecular complexity index is 290. The van der Waals surface area contributed by atoms with E-state index in [9.17, 15) is 4.79 Å². The maximum Gasteiger partial charge on any atom is 0.248 e. The minimum Gasteiger partial charge on any atom is -0.366 e. The van der Waals surface area contributed by atoms with Crippen molar-refractivity contribution in [2.45, 2.75) is 64.9 Å². The zero-order valence-corrected chi connectivity index (χ0v) is 12.1. The van der Waals surface area contributed by atoms with Crippen LogP contribution in [0.5, 0.6) is 0 Å². The number of piperidine rings is 1. The largest absolute Gasteiger partial charge is 0.366 e. The number of ether oxygens (including phenoxy) is 1. The number of likely N-dealkylation sites (tertiary alicyclic amines) is 1. The van der Waals surface area contributed by atoms with Gasteiger partial charge in [-0.25, -0.2) is 0 Å². The highest BCUT2D eigenvalue weighted by atomic mass is 16.5. The van der Waals surface area contributed by atoms with Crippen LogP contribution in [-0.2, 0) is 9.53 Å². The van der Waals surface area contributed by atoms with Crippen molar-refractivity contribution in [1.29, 1.82) is 0 Å². The molecule has 1 saturated heterocycles. The third-order valence-electron chi connectivity index (χ3n) is 4.47. The van der Waals surface area contributed by atoms with Crippen LogP contribution < -0.4 is 0 Å². The Balaban J connectivity index is 1.77. The molecule has 2 fully saturated rings. The third-order valence-corrected chi connectivity index (χ3v) is 4.47. The summed E-state index contributed by atoms with van der Waals surface area (Å²) < 4.78 is 5.57. The van der Waals surface area contributed by atoms with Crippen molar-refractivity contribution in [3.05, 3.63) is 0 Å². The molecule has 18 heavy (non-hydrogen) atoms. The van der Waals surface area contributed by atoms with E-state index in [2.05, 4.69) is 0 Å². The molecule has 1 aliphatic carbocycles. The number of rotatable bonds is 2. The maximum atomic E-state index is 12.0. The summed E-state index contributed by atoms with van der Waals surface area (Å²) in [7, 11) is 0. The molecule has 1 spiro atoms. The lowest BCUT2D eigenvalue weighted by atomic mass is 9.77. The van der Waals surface area contributed by atoms with Crippen LogP contribution in [0.25, 0.3) is 0 Å². The summed E-state index contributed by atoms with van der Waals surface area (Å²) in [4.78, 5) is 14.0. The molecule has 1 aliphatic heterocycles. The van der Waals surface area contributed by atoms with Crippen molar-refractivity contribution in [1.82, 2.24) is 4.90 Å². The van der Waals surface area contributed by atoms with E-state index >= 15 is 0 Å². The molecule has 2 rings (SSSR count). The third kappa shape index (κ3) is 3.47. The summed E-state index contributed by atoms with van der Waals surface area (Å²) in [6.07, 6.45) is 7.95. The average Bonchev–Trinajstić information content (AvgIpc) is 2.75. The van der Waals surface area contributed by atoms with Gasteiger partial charge in [0, 0.05) is 13.1 Å². The topological polar surface area (TPSA) is 29.5 Å². The van der Waals surface area contributed by atoms with Gasteiger partial charge in [0.15, 0.2) is 0 Å². The van der Waals surface area contributed by atoms with Crippen LogP contribution in [0.1, 0.15) is 59.3 Å². The summed E-state index contributed by atoms with van der Waals surface area (Å²) in [5, 5.41) is 0. The first-order valence-corrected chi connectivity index (χ1v) is 7.32. The summed E-state index contributed by atoms with van der Waals surface area (Å²) in [5.41, 5.74) is 0.361. The highest BCUT2D eigenvalue weighted by Gasteiger charge is 2.37. The highest BCUT2D eigenvalue weighted by molar-refractivity contribution is 5.77. The smallest absolute Gasteiger partial charge is 0.248 e. The quantitative estimate of drug-likeness (QED) is 0.757. The van der Waals surface area contributed by atoms with Crippen LogP contribution in [0.15, 0.2) is 0 Å². The lowest BCUT2D eigenvalue weighted by Crippen LogP contribution is -2.44. The Hall–Kier alpha value is -0.570. The van der Waals surface area contributed by atoms with Gasteiger partial charge in [0.1, 0.15) is 6.61 Å². The van der Waals surface area contributed by atoms with Gasteiger partial charge in [-0.15, -0.1) is 0 Å². The molecule has 0 radical (unpaired) electrons. The van der Waals surface area contributed by atoms with Crippen molar-refractivity contribution in [2.75, 3.05) is 19.7 Å². The molecule has 1 saturated carbocycles. The van der Waals surface area contributed by atoms with Gasteiger partial charge in [0.05, 0.1) is 5.60 Å². The monoisotopic (exact) mass is 253 g/mol. The van der Waals surface area contributed by atoms with E-state index in [0.29, 0.717) is 5.41 Å². The standard InChI is InChI=1S/C15H27NO2/c1-14(2,3)18-12-13(17)16-10-8-15(9-11-16)6-4-5-7-15/h4-12H2,1-3H3. The van der Waals surface area contributed by atoms with Crippen molar-refractivity contribution < 1.29 is 9.53 Å². The normalized spacial score (nSPS) is 23.6. The fourth-order valence-corrected chi connectivity index (χ4v) is 3.22. The van der Waals surface area contributed by atoms with E-state index in [4.69, 9.17) is 4.74 Å². The van der Waals surface area contributed by atoms with Crippen molar-refractivity contribution in [3.63, 3.8) is 0 Å². The molecule has 2 aliphatic rings. The summed E-state index contributed by atoms with van der Waals surface area (Å²) in [6, 6.07) is 0. The molecule has 0 aromatic carbocycles. The molecule has 1 heterocycles. The van der Waals surface area contributed by atoms with Crippen LogP contribution >= 0.6 is 0 Å². The Morgan fingerprint density at radius 3 is 2.17 bits per heavy atom. The van der Waals surface area contributed by atoms with E-state index in [0.717, 1.165) is 13.1 Å². The maximum absolute atomic E-state index is 12.0. The zero-order valence-electron chi connectivity index (χ0n) is 12.1. The Labute approximate surface area is 111 Å². The Kier molecular flexibility index (Phi) is 4.00. The van der Waals surface area contributed by atoms with Crippen LogP contribution in [0.2, 0.25) is 0 Å². The Morgan fingerprint density at radius 2 is 1.67 bits per heavy atom. The molecule has 0 bridgehead atoms.